The molecule has 5 nitrogen and oxygen atoms in total. The van der Waals surface area contributed by atoms with Gasteiger partial charge in [-0.05, 0) is 13.3 Å². The van der Waals surface area contributed by atoms with Crippen LogP contribution in [0, 0.1) is 0 Å². The number of rotatable bonds is 7. The first kappa shape index (κ1) is 13.0. The summed E-state index contributed by atoms with van der Waals surface area (Å²) in [6.45, 7) is 5.19. The molecule has 0 spiro atoms. The van der Waals surface area contributed by atoms with E-state index in [9.17, 15) is 4.79 Å². The summed E-state index contributed by atoms with van der Waals surface area (Å²) in [4.78, 5) is 15.3. The van der Waals surface area contributed by atoms with Crippen LogP contribution in [0.4, 0.5) is 0 Å². The average Bonchev–Trinajstić information content (AvgIpc) is 2.71. The van der Waals surface area contributed by atoms with E-state index in [1.807, 2.05) is 4.68 Å². The molecule has 16 heavy (non-hydrogen) atoms. The van der Waals surface area contributed by atoms with Crippen LogP contribution in [0.5, 0.6) is 0 Å². The maximum Gasteiger partial charge on any atom is 0.316 e. The number of esters is 1. The van der Waals surface area contributed by atoms with Crippen molar-refractivity contribution in [1.29, 1.82) is 0 Å². The molecule has 1 heterocycles. The summed E-state index contributed by atoms with van der Waals surface area (Å²) in [6.07, 6.45) is 3.70. The first-order valence-electron chi connectivity index (χ1n) is 5.44. The molecule has 0 bridgehead atoms. The van der Waals surface area contributed by atoms with E-state index in [1.165, 1.54) is 18.1 Å². The van der Waals surface area contributed by atoms with Crippen molar-refractivity contribution in [3.8, 4) is 0 Å². The Morgan fingerprint density at radius 1 is 1.56 bits per heavy atom. The smallest absolute Gasteiger partial charge is 0.316 e. The molecule has 0 amide bonds. The Bertz CT molecular complexity index is 328. The summed E-state index contributed by atoms with van der Waals surface area (Å²) in [7, 11) is 0. The summed E-state index contributed by atoms with van der Waals surface area (Å²) in [5.41, 5.74) is 0. The molecule has 1 rings (SSSR count). The first-order chi connectivity index (χ1) is 7.77. The standard InChI is InChI=1S/C10H17N3O2S/c1-3-5-6-13-10(11-8-12-13)16-7-9(14)15-4-2/h8H,3-7H2,1-2H3. The molecule has 1 aromatic rings. The highest BCUT2D eigenvalue weighted by Crippen LogP contribution is 2.14. The molecule has 0 aliphatic carbocycles. The average molecular weight is 243 g/mol. The molecule has 90 valence electrons. The highest BCUT2D eigenvalue weighted by atomic mass is 32.2. The van der Waals surface area contributed by atoms with Crippen LogP contribution in [0.25, 0.3) is 0 Å². The maximum absolute atomic E-state index is 11.2. The molecule has 0 atom stereocenters. The molecule has 0 aromatic carbocycles. The minimum atomic E-state index is -0.211. The van der Waals surface area contributed by atoms with Crippen molar-refractivity contribution < 1.29 is 9.53 Å². The second kappa shape index (κ2) is 7.27. The number of unbranched alkanes of at least 4 members (excludes halogenated alkanes) is 1. The number of ether oxygens (including phenoxy) is 1. The Kier molecular flexibility index (Phi) is 5.92. The first-order valence-corrected chi connectivity index (χ1v) is 6.42. The molecule has 0 radical (unpaired) electrons. The van der Waals surface area contributed by atoms with Crippen LogP contribution in [0.15, 0.2) is 11.5 Å². The molecule has 0 saturated carbocycles. The van der Waals surface area contributed by atoms with E-state index >= 15 is 0 Å². The van der Waals surface area contributed by atoms with Gasteiger partial charge in [0.1, 0.15) is 6.33 Å². The highest BCUT2D eigenvalue weighted by Gasteiger charge is 2.08. The van der Waals surface area contributed by atoms with E-state index in [-0.39, 0.29) is 5.97 Å². The third-order valence-electron chi connectivity index (χ3n) is 1.93. The van der Waals surface area contributed by atoms with Crippen molar-refractivity contribution in [2.24, 2.45) is 0 Å². The van der Waals surface area contributed by atoms with Gasteiger partial charge in [0.15, 0.2) is 5.16 Å². The van der Waals surface area contributed by atoms with E-state index in [4.69, 9.17) is 4.74 Å². The second-order valence-corrected chi connectivity index (χ2v) is 4.16. The molecule has 0 fully saturated rings. The van der Waals surface area contributed by atoms with Crippen LogP contribution >= 0.6 is 11.8 Å². The quantitative estimate of drug-likeness (QED) is 0.539. The SMILES string of the molecule is CCCCn1ncnc1SCC(=O)OCC. The molecule has 6 heteroatoms. The lowest BCUT2D eigenvalue weighted by Gasteiger charge is -2.04. The van der Waals surface area contributed by atoms with E-state index < -0.39 is 0 Å². The fourth-order valence-corrected chi connectivity index (χ4v) is 1.89. The third-order valence-corrected chi connectivity index (χ3v) is 2.88. The molecule has 0 saturated heterocycles. The number of hydrogen-bond acceptors (Lipinski definition) is 5. The van der Waals surface area contributed by atoms with Crippen molar-refractivity contribution in [3.05, 3.63) is 6.33 Å². The minimum Gasteiger partial charge on any atom is -0.465 e. The zero-order valence-electron chi connectivity index (χ0n) is 9.68. The van der Waals surface area contributed by atoms with Crippen molar-refractivity contribution in [2.75, 3.05) is 12.4 Å². The number of carbonyl (C=O) groups excluding carboxylic acids is 1. The van der Waals surface area contributed by atoms with Gasteiger partial charge in [0.05, 0.1) is 12.4 Å². The number of hydrogen-bond donors (Lipinski definition) is 0. The molecule has 0 unspecified atom stereocenters. The van der Waals surface area contributed by atoms with Crippen molar-refractivity contribution >= 4 is 17.7 Å². The van der Waals surface area contributed by atoms with Crippen LogP contribution < -0.4 is 0 Å². The van der Waals surface area contributed by atoms with Crippen LogP contribution in [-0.2, 0) is 16.1 Å². The lowest BCUT2D eigenvalue weighted by molar-refractivity contribution is -0.139. The van der Waals surface area contributed by atoms with Gasteiger partial charge in [-0.15, -0.1) is 0 Å². The van der Waals surface area contributed by atoms with Crippen molar-refractivity contribution in [1.82, 2.24) is 14.8 Å². The highest BCUT2D eigenvalue weighted by molar-refractivity contribution is 7.99. The van der Waals surface area contributed by atoms with Gasteiger partial charge < -0.3 is 4.74 Å². The number of aryl methyl sites for hydroxylation is 1. The topological polar surface area (TPSA) is 57.0 Å². The van der Waals surface area contributed by atoms with Crippen LogP contribution in [0.2, 0.25) is 0 Å². The Hall–Kier alpha value is -1.04. The van der Waals surface area contributed by atoms with E-state index in [1.54, 1.807) is 6.92 Å². The van der Waals surface area contributed by atoms with Gasteiger partial charge in [0.2, 0.25) is 0 Å². The van der Waals surface area contributed by atoms with Crippen molar-refractivity contribution in [3.63, 3.8) is 0 Å². The van der Waals surface area contributed by atoms with Gasteiger partial charge in [0, 0.05) is 6.54 Å². The second-order valence-electron chi connectivity index (χ2n) is 3.21. The predicted octanol–water partition coefficient (Wildman–Crippen LogP) is 1.73. The zero-order valence-corrected chi connectivity index (χ0v) is 10.5. The van der Waals surface area contributed by atoms with Gasteiger partial charge in [-0.3, -0.25) is 4.79 Å². The number of nitrogens with zero attached hydrogens (tertiary/aromatic N) is 3. The van der Waals surface area contributed by atoms with Gasteiger partial charge >= 0.3 is 5.97 Å². The molecule has 0 aliphatic heterocycles. The fourth-order valence-electron chi connectivity index (χ4n) is 1.15. The number of carbonyl (C=O) groups is 1. The van der Waals surface area contributed by atoms with Crippen LogP contribution in [0.3, 0.4) is 0 Å². The Morgan fingerprint density at radius 3 is 3.06 bits per heavy atom. The largest absolute Gasteiger partial charge is 0.465 e. The molecule has 1 aromatic heterocycles. The van der Waals surface area contributed by atoms with Gasteiger partial charge in [-0.25, -0.2) is 9.67 Å². The minimum absolute atomic E-state index is 0.211. The Labute approximate surface area is 99.6 Å². The van der Waals surface area contributed by atoms with E-state index in [2.05, 4.69) is 17.0 Å². The summed E-state index contributed by atoms with van der Waals surface area (Å²) >= 11 is 1.37. The third kappa shape index (κ3) is 4.22. The molecular weight excluding hydrogens is 226 g/mol. The Balaban J connectivity index is 2.41. The monoisotopic (exact) mass is 243 g/mol. The number of aromatic nitrogens is 3. The number of thioether (sulfide) groups is 1. The summed E-state index contributed by atoms with van der Waals surface area (Å²) in [6, 6.07) is 0. The molecule has 0 aliphatic rings. The lowest BCUT2D eigenvalue weighted by atomic mass is 10.3. The summed E-state index contributed by atoms with van der Waals surface area (Å²) in [5, 5.41) is 4.89. The summed E-state index contributed by atoms with van der Waals surface area (Å²) < 4.78 is 6.67. The van der Waals surface area contributed by atoms with E-state index in [0.717, 1.165) is 24.5 Å². The lowest BCUT2D eigenvalue weighted by Crippen LogP contribution is -2.08. The van der Waals surface area contributed by atoms with Gasteiger partial charge in [-0.2, -0.15) is 5.10 Å². The molecular formula is C10H17N3O2S. The summed E-state index contributed by atoms with van der Waals surface area (Å²) in [5.74, 6) is 0.0797. The fraction of sp³-hybridized carbons (Fsp3) is 0.700. The van der Waals surface area contributed by atoms with Crippen LogP contribution in [-0.4, -0.2) is 33.1 Å². The normalized spacial score (nSPS) is 10.4. The van der Waals surface area contributed by atoms with E-state index in [0.29, 0.717) is 12.4 Å². The Morgan fingerprint density at radius 2 is 2.38 bits per heavy atom. The predicted molar refractivity (Wildman–Crippen MR) is 62.3 cm³/mol. The zero-order chi connectivity index (χ0) is 11.8. The molecule has 0 N–H and O–H groups in total. The maximum atomic E-state index is 11.2. The van der Waals surface area contributed by atoms with Gasteiger partial charge in [0.25, 0.3) is 0 Å². The van der Waals surface area contributed by atoms with Crippen LogP contribution in [0.1, 0.15) is 26.7 Å². The van der Waals surface area contributed by atoms with Crippen molar-refractivity contribution in [2.45, 2.75) is 38.4 Å². The van der Waals surface area contributed by atoms with Gasteiger partial charge in [-0.1, -0.05) is 25.1 Å².